The van der Waals surface area contributed by atoms with E-state index in [1.54, 1.807) is 6.07 Å². The van der Waals surface area contributed by atoms with Crippen LogP contribution in [0.5, 0.6) is 0 Å². The van der Waals surface area contributed by atoms with Gasteiger partial charge in [-0.1, -0.05) is 6.07 Å². The molecular formula is C17H19FN2O3S. The number of hydrogen-bond donors (Lipinski definition) is 1. The maximum atomic E-state index is 13.0. The fourth-order valence-electron chi connectivity index (χ4n) is 2.16. The predicted octanol–water partition coefficient (Wildman–Crippen LogP) is 2.85. The molecule has 2 rings (SSSR count). The summed E-state index contributed by atoms with van der Waals surface area (Å²) in [6.07, 6.45) is 1.000. The maximum Gasteiger partial charge on any atom is 0.245 e. The highest BCUT2D eigenvalue weighted by atomic mass is 32.2. The van der Waals surface area contributed by atoms with E-state index in [9.17, 15) is 17.6 Å². The zero-order valence-electron chi connectivity index (χ0n) is 13.7. The summed E-state index contributed by atoms with van der Waals surface area (Å²) in [5, 5.41) is 2.67. The molecule has 0 radical (unpaired) electrons. The number of hydrogen-bond acceptors (Lipinski definition) is 3. The molecule has 0 atom stereocenters. The van der Waals surface area contributed by atoms with Crippen LogP contribution in [0.2, 0.25) is 0 Å². The van der Waals surface area contributed by atoms with E-state index in [1.807, 2.05) is 26.0 Å². The average molecular weight is 350 g/mol. The molecule has 5 nitrogen and oxygen atoms in total. The van der Waals surface area contributed by atoms with E-state index < -0.39 is 28.3 Å². The van der Waals surface area contributed by atoms with Crippen LogP contribution >= 0.6 is 0 Å². The monoisotopic (exact) mass is 350 g/mol. The van der Waals surface area contributed by atoms with Gasteiger partial charge in [0.25, 0.3) is 0 Å². The van der Waals surface area contributed by atoms with Crippen molar-refractivity contribution in [2.75, 3.05) is 22.4 Å². The van der Waals surface area contributed by atoms with Gasteiger partial charge in [-0.05, 0) is 61.4 Å². The van der Waals surface area contributed by atoms with E-state index in [0.717, 1.165) is 33.8 Å². The van der Waals surface area contributed by atoms with E-state index in [4.69, 9.17) is 0 Å². The number of rotatable bonds is 5. The lowest BCUT2D eigenvalue weighted by atomic mass is 10.1. The van der Waals surface area contributed by atoms with Gasteiger partial charge in [0.15, 0.2) is 0 Å². The molecule has 2 aromatic rings. The minimum absolute atomic E-state index is 0.231. The first-order valence-electron chi connectivity index (χ1n) is 7.27. The Labute approximate surface area is 141 Å². The van der Waals surface area contributed by atoms with Gasteiger partial charge >= 0.3 is 0 Å². The molecule has 0 saturated heterocycles. The Bertz CT molecular complexity index is 849. The van der Waals surface area contributed by atoms with Crippen LogP contribution < -0.4 is 9.62 Å². The SMILES string of the molecule is Cc1ccc(NC(=O)CN(c2ccc(F)cc2)S(C)(=O)=O)cc1C. The summed E-state index contributed by atoms with van der Waals surface area (Å²) in [6, 6.07) is 10.4. The number of anilines is 2. The lowest BCUT2D eigenvalue weighted by Gasteiger charge is -2.22. The van der Waals surface area contributed by atoms with Gasteiger partial charge < -0.3 is 5.32 Å². The minimum atomic E-state index is -3.68. The molecule has 0 saturated carbocycles. The Balaban J connectivity index is 2.18. The van der Waals surface area contributed by atoms with Crippen LogP contribution in [0.1, 0.15) is 11.1 Å². The molecule has 128 valence electrons. The van der Waals surface area contributed by atoms with Crippen LogP contribution in [0.25, 0.3) is 0 Å². The summed E-state index contributed by atoms with van der Waals surface area (Å²) in [6.45, 7) is 3.49. The van der Waals surface area contributed by atoms with Crippen molar-refractivity contribution >= 4 is 27.3 Å². The highest BCUT2D eigenvalue weighted by Crippen LogP contribution is 2.19. The molecule has 0 aliphatic rings. The standard InChI is InChI=1S/C17H19FN2O3S/c1-12-4-7-15(10-13(12)2)19-17(21)11-20(24(3,22)23)16-8-5-14(18)6-9-16/h4-10H,11H2,1-3H3,(H,19,21). The molecule has 0 aromatic heterocycles. The highest BCUT2D eigenvalue weighted by Gasteiger charge is 2.21. The van der Waals surface area contributed by atoms with Gasteiger partial charge in [-0.25, -0.2) is 12.8 Å². The van der Waals surface area contributed by atoms with Gasteiger partial charge in [0.05, 0.1) is 11.9 Å². The third kappa shape index (κ3) is 4.55. The van der Waals surface area contributed by atoms with Crippen LogP contribution in [-0.2, 0) is 14.8 Å². The van der Waals surface area contributed by atoms with E-state index in [-0.39, 0.29) is 5.69 Å². The van der Waals surface area contributed by atoms with E-state index in [0.29, 0.717) is 5.69 Å². The zero-order valence-corrected chi connectivity index (χ0v) is 14.5. The number of aryl methyl sites for hydroxylation is 2. The third-order valence-electron chi connectivity index (χ3n) is 3.59. The molecule has 0 fully saturated rings. The van der Waals surface area contributed by atoms with E-state index in [1.165, 1.54) is 12.1 Å². The molecule has 2 aromatic carbocycles. The number of carbonyl (C=O) groups is 1. The molecular weight excluding hydrogens is 331 g/mol. The fourth-order valence-corrected chi connectivity index (χ4v) is 3.01. The minimum Gasteiger partial charge on any atom is -0.325 e. The van der Waals surface area contributed by atoms with Crippen molar-refractivity contribution < 1.29 is 17.6 Å². The number of halogens is 1. The van der Waals surface area contributed by atoms with Crippen molar-refractivity contribution in [3.63, 3.8) is 0 Å². The summed E-state index contributed by atoms with van der Waals surface area (Å²) >= 11 is 0. The Morgan fingerprint density at radius 2 is 1.71 bits per heavy atom. The Hall–Kier alpha value is -2.41. The number of nitrogens with one attached hydrogen (secondary N) is 1. The van der Waals surface area contributed by atoms with Gasteiger partial charge in [-0.3, -0.25) is 9.10 Å². The molecule has 0 aliphatic heterocycles. The van der Waals surface area contributed by atoms with Crippen molar-refractivity contribution in [3.8, 4) is 0 Å². The van der Waals surface area contributed by atoms with Gasteiger partial charge in [-0.15, -0.1) is 0 Å². The summed E-state index contributed by atoms with van der Waals surface area (Å²) in [7, 11) is -3.68. The first-order chi connectivity index (χ1) is 11.2. The summed E-state index contributed by atoms with van der Waals surface area (Å²) in [5.74, 6) is -0.959. The summed E-state index contributed by atoms with van der Waals surface area (Å²) < 4.78 is 37.9. The van der Waals surface area contributed by atoms with Crippen molar-refractivity contribution in [2.24, 2.45) is 0 Å². The Kier molecular flexibility index (Phi) is 5.23. The number of benzene rings is 2. The second kappa shape index (κ2) is 7.00. The second-order valence-corrected chi connectivity index (χ2v) is 7.50. The topological polar surface area (TPSA) is 66.5 Å². The van der Waals surface area contributed by atoms with Crippen LogP contribution in [0.3, 0.4) is 0 Å². The lowest BCUT2D eigenvalue weighted by Crippen LogP contribution is -2.37. The number of carbonyl (C=O) groups excluding carboxylic acids is 1. The fraction of sp³-hybridized carbons (Fsp3) is 0.235. The molecule has 0 bridgehead atoms. The Morgan fingerprint density at radius 3 is 2.25 bits per heavy atom. The number of amides is 1. The molecule has 0 aliphatic carbocycles. The van der Waals surface area contributed by atoms with Crippen molar-refractivity contribution in [1.82, 2.24) is 0 Å². The van der Waals surface area contributed by atoms with Gasteiger partial charge in [0.1, 0.15) is 12.4 Å². The Morgan fingerprint density at radius 1 is 1.08 bits per heavy atom. The smallest absolute Gasteiger partial charge is 0.245 e. The first-order valence-corrected chi connectivity index (χ1v) is 9.12. The first kappa shape index (κ1) is 17.9. The maximum absolute atomic E-state index is 13.0. The van der Waals surface area contributed by atoms with Gasteiger partial charge in [-0.2, -0.15) is 0 Å². The lowest BCUT2D eigenvalue weighted by molar-refractivity contribution is -0.114. The molecule has 7 heteroatoms. The van der Waals surface area contributed by atoms with Crippen LogP contribution in [0.4, 0.5) is 15.8 Å². The molecule has 1 amide bonds. The second-order valence-electron chi connectivity index (χ2n) is 5.59. The van der Waals surface area contributed by atoms with Crippen molar-refractivity contribution in [2.45, 2.75) is 13.8 Å². The molecule has 0 spiro atoms. The number of sulfonamides is 1. The molecule has 0 heterocycles. The van der Waals surface area contributed by atoms with Crippen molar-refractivity contribution in [3.05, 3.63) is 59.4 Å². The van der Waals surface area contributed by atoms with Crippen molar-refractivity contribution in [1.29, 1.82) is 0 Å². The third-order valence-corrected chi connectivity index (χ3v) is 4.73. The largest absolute Gasteiger partial charge is 0.325 e. The van der Waals surface area contributed by atoms with Gasteiger partial charge in [0.2, 0.25) is 15.9 Å². The molecule has 0 unspecified atom stereocenters. The van der Waals surface area contributed by atoms with E-state index in [2.05, 4.69) is 5.32 Å². The average Bonchev–Trinajstić information content (AvgIpc) is 2.49. The molecule has 24 heavy (non-hydrogen) atoms. The normalized spacial score (nSPS) is 11.2. The van der Waals surface area contributed by atoms with Crippen LogP contribution in [0, 0.1) is 19.7 Å². The van der Waals surface area contributed by atoms with Gasteiger partial charge in [0, 0.05) is 5.69 Å². The molecule has 1 N–H and O–H groups in total. The van der Waals surface area contributed by atoms with Crippen LogP contribution in [-0.4, -0.2) is 27.1 Å². The number of nitrogens with zero attached hydrogens (tertiary/aromatic N) is 1. The summed E-state index contributed by atoms with van der Waals surface area (Å²) in [4.78, 5) is 12.2. The van der Waals surface area contributed by atoms with Crippen LogP contribution in [0.15, 0.2) is 42.5 Å². The highest BCUT2D eigenvalue weighted by molar-refractivity contribution is 7.92. The summed E-state index contributed by atoms with van der Waals surface area (Å²) in [5.41, 5.74) is 2.94. The van der Waals surface area contributed by atoms with E-state index >= 15 is 0 Å². The predicted molar refractivity (Wildman–Crippen MR) is 93.1 cm³/mol. The quantitative estimate of drug-likeness (QED) is 0.902. The zero-order chi connectivity index (χ0) is 17.9.